The zero-order chi connectivity index (χ0) is 11.6. The highest BCUT2D eigenvalue weighted by Gasteiger charge is 2.27. The van der Waals surface area contributed by atoms with E-state index in [0.29, 0.717) is 0 Å². The van der Waals surface area contributed by atoms with E-state index >= 15 is 0 Å². The van der Waals surface area contributed by atoms with Gasteiger partial charge in [-0.1, -0.05) is 11.6 Å². The number of aliphatic hydroxyl groups is 2. The lowest BCUT2D eigenvalue weighted by Crippen LogP contribution is -2.28. The number of anilines is 1. The molecule has 0 amide bonds. The Bertz CT molecular complexity index is 385. The molecule has 0 radical (unpaired) electrons. The highest BCUT2D eigenvalue weighted by Crippen LogP contribution is 2.23. The van der Waals surface area contributed by atoms with E-state index in [-0.39, 0.29) is 16.5 Å². The lowest BCUT2D eigenvalue weighted by molar-refractivity contribution is -0.153. The first kappa shape index (κ1) is 11.7. The van der Waals surface area contributed by atoms with Gasteiger partial charge in [-0.05, 0) is 12.1 Å². The second-order valence-electron chi connectivity index (χ2n) is 2.84. The number of halogens is 1. The van der Waals surface area contributed by atoms with Crippen LogP contribution in [0.4, 0.5) is 5.69 Å². The molecule has 7 heteroatoms. The van der Waals surface area contributed by atoms with E-state index in [0.717, 1.165) is 0 Å². The Labute approximate surface area is 89.9 Å². The molecule has 0 aromatic carbocycles. The number of aliphatic hydroxyl groups excluding tert-OH is 2. The van der Waals surface area contributed by atoms with Crippen LogP contribution in [0.25, 0.3) is 0 Å². The second-order valence-corrected chi connectivity index (χ2v) is 3.22. The normalized spacial score (nSPS) is 14.6. The summed E-state index contributed by atoms with van der Waals surface area (Å²) in [6.07, 6.45) is -3.69. The first-order valence-electron chi connectivity index (χ1n) is 3.94. The quantitative estimate of drug-likeness (QED) is 0.536. The van der Waals surface area contributed by atoms with Gasteiger partial charge in [0.2, 0.25) is 0 Å². The molecular formula is C8H9ClN2O4. The van der Waals surface area contributed by atoms with Crippen molar-refractivity contribution in [1.82, 2.24) is 4.98 Å². The molecule has 5 N–H and O–H groups in total. The number of aromatic nitrogens is 1. The molecule has 0 saturated heterocycles. The van der Waals surface area contributed by atoms with Gasteiger partial charge in [0.15, 0.2) is 6.10 Å². The maximum absolute atomic E-state index is 10.4. The van der Waals surface area contributed by atoms with Gasteiger partial charge < -0.3 is 21.1 Å². The number of pyridine rings is 1. The smallest absolute Gasteiger partial charge is 0.335 e. The van der Waals surface area contributed by atoms with Gasteiger partial charge in [0, 0.05) is 0 Å². The van der Waals surface area contributed by atoms with Gasteiger partial charge in [-0.2, -0.15) is 0 Å². The van der Waals surface area contributed by atoms with Gasteiger partial charge in [0.05, 0.1) is 11.4 Å². The van der Waals surface area contributed by atoms with E-state index < -0.39 is 18.2 Å². The zero-order valence-corrected chi connectivity index (χ0v) is 8.22. The number of hydrogen-bond acceptors (Lipinski definition) is 5. The van der Waals surface area contributed by atoms with Crippen molar-refractivity contribution in [3.05, 3.63) is 23.0 Å². The van der Waals surface area contributed by atoms with Gasteiger partial charge >= 0.3 is 5.97 Å². The second kappa shape index (κ2) is 4.43. The number of hydrogen-bond donors (Lipinski definition) is 4. The predicted molar refractivity (Wildman–Crippen MR) is 52.3 cm³/mol. The Morgan fingerprint density at radius 3 is 2.60 bits per heavy atom. The summed E-state index contributed by atoms with van der Waals surface area (Å²) in [5.74, 6) is -1.57. The first-order chi connectivity index (χ1) is 6.93. The minimum absolute atomic E-state index is 0.0517. The van der Waals surface area contributed by atoms with Crippen molar-refractivity contribution >= 4 is 23.3 Å². The molecule has 1 rings (SSSR count). The standard InChI is InChI=1S/C8H9ClN2O4/c9-4-2-1-3(10)5(11-4)6(12)7(13)8(14)15/h1-2,6-7,12-13H,10H2,(H,14,15). The molecule has 0 bridgehead atoms. The summed E-state index contributed by atoms with van der Waals surface area (Å²) in [6, 6.07) is 2.75. The Hall–Kier alpha value is -1.37. The van der Waals surface area contributed by atoms with Crippen molar-refractivity contribution < 1.29 is 20.1 Å². The Morgan fingerprint density at radius 2 is 2.07 bits per heavy atom. The van der Waals surface area contributed by atoms with Crippen LogP contribution in [0, 0.1) is 0 Å². The van der Waals surface area contributed by atoms with Crippen LogP contribution < -0.4 is 5.73 Å². The fourth-order valence-electron chi connectivity index (χ4n) is 0.982. The SMILES string of the molecule is Nc1ccc(Cl)nc1C(O)C(O)C(=O)O. The molecule has 1 heterocycles. The average Bonchev–Trinajstić information content (AvgIpc) is 2.19. The van der Waals surface area contributed by atoms with Gasteiger partial charge in [-0.25, -0.2) is 9.78 Å². The van der Waals surface area contributed by atoms with Gasteiger partial charge in [-0.3, -0.25) is 0 Å². The summed E-state index contributed by atoms with van der Waals surface area (Å²) in [7, 11) is 0. The largest absolute Gasteiger partial charge is 0.479 e. The lowest BCUT2D eigenvalue weighted by Gasteiger charge is -2.15. The Balaban J connectivity index is 3.04. The zero-order valence-electron chi connectivity index (χ0n) is 7.46. The van der Waals surface area contributed by atoms with Gasteiger partial charge in [0.1, 0.15) is 11.3 Å². The molecular weight excluding hydrogens is 224 g/mol. The summed E-state index contributed by atoms with van der Waals surface area (Å²) in [5, 5.41) is 27.0. The van der Waals surface area contributed by atoms with Crippen LogP contribution in [0.2, 0.25) is 5.15 Å². The molecule has 0 aliphatic rings. The monoisotopic (exact) mass is 232 g/mol. The molecule has 82 valence electrons. The number of nitrogens with two attached hydrogens (primary N) is 1. The number of carboxylic acid groups (broad SMARTS) is 1. The van der Waals surface area contributed by atoms with Crippen LogP contribution in [0.5, 0.6) is 0 Å². The van der Waals surface area contributed by atoms with Crippen molar-refractivity contribution in [3.63, 3.8) is 0 Å². The molecule has 0 saturated carbocycles. The average molecular weight is 233 g/mol. The van der Waals surface area contributed by atoms with Crippen LogP contribution in [0.15, 0.2) is 12.1 Å². The molecule has 2 unspecified atom stereocenters. The summed E-state index contributed by atoms with van der Waals surface area (Å²) >= 11 is 5.54. The third-order valence-corrected chi connectivity index (χ3v) is 1.97. The predicted octanol–water partition coefficient (Wildman–Crippen LogP) is -0.204. The molecule has 15 heavy (non-hydrogen) atoms. The molecule has 1 aromatic rings. The molecule has 2 atom stereocenters. The number of nitrogens with zero attached hydrogens (tertiary/aromatic N) is 1. The molecule has 1 aromatic heterocycles. The van der Waals surface area contributed by atoms with Crippen molar-refractivity contribution in [2.75, 3.05) is 5.73 Å². The molecule has 0 spiro atoms. The van der Waals surface area contributed by atoms with Crippen molar-refractivity contribution in [3.8, 4) is 0 Å². The Morgan fingerprint density at radius 1 is 1.47 bits per heavy atom. The highest BCUT2D eigenvalue weighted by molar-refractivity contribution is 6.29. The molecule has 0 fully saturated rings. The molecule has 0 aliphatic carbocycles. The topological polar surface area (TPSA) is 117 Å². The van der Waals surface area contributed by atoms with E-state index in [4.69, 9.17) is 27.5 Å². The van der Waals surface area contributed by atoms with E-state index in [1.165, 1.54) is 12.1 Å². The fourth-order valence-corrected chi connectivity index (χ4v) is 1.14. The van der Waals surface area contributed by atoms with Crippen molar-refractivity contribution in [2.24, 2.45) is 0 Å². The van der Waals surface area contributed by atoms with E-state index in [2.05, 4.69) is 4.98 Å². The van der Waals surface area contributed by atoms with Crippen LogP contribution in [0.3, 0.4) is 0 Å². The number of aliphatic carboxylic acids is 1. The maximum atomic E-state index is 10.4. The van der Waals surface area contributed by atoms with Gasteiger partial charge in [0.25, 0.3) is 0 Å². The molecule has 6 nitrogen and oxygen atoms in total. The van der Waals surface area contributed by atoms with E-state index in [1.807, 2.05) is 0 Å². The minimum atomic E-state index is -1.99. The van der Waals surface area contributed by atoms with Crippen LogP contribution in [-0.4, -0.2) is 32.4 Å². The number of rotatable bonds is 3. The lowest BCUT2D eigenvalue weighted by atomic mass is 10.1. The van der Waals surface area contributed by atoms with Crippen molar-refractivity contribution in [1.29, 1.82) is 0 Å². The number of carboxylic acids is 1. The summed E-state index contributed by atoms with van der Waals surface area (Å²) in [4.78, 5) is 14.0. The summed E-state index contributed by atoms with van der Waals surface area (Å²) < 4.78 is 0. The summed E-state index contributed by atoms with van der Waals surface area (Å²) in [5.41, 5.74) is 5.35. The highest BCUT2D eigenvalue weighted by atomic mass is 35.5. The molecule has 0 aliphatic heterocycles. The third-order valence-electron chi connectivity index (χ3n) is 1.76. The number of nitrogen functional groups attached to an aromatic ring is 1. The minimum Gasteiger partial charge on any atom is -0.479 e. The fraction of sp³-hybridized carbons (Fsp3) is 0.250. The summed E-state index contributed by atoms with van der Waals surface area (Å²) in [6.45, 7) is 0. The van der Waals surface area contributed by atoms with E-state index in [9.17, 15) is 9.90 Å². The van der Waals surface area contributed by atoms with Crippen LogP contribution in [-0.2, 0) is 4.79 Å². The third kappa shape index (κ3) is 2.56. The van der Waals surface area contributed by atoms with E-state index in [1.54, 1.807) is 0 Å². The maximum Gasteiger partial charge on any atom is 0.335 e. The van der Waals surface area contributed by atoms with Crippen LogP contribution >= 0.6 is 11.6 Å². The van der Waals surface area contributed by atoms with Crippen LogP contribution in [0.1, 0.15) is 11.8 Å². The van der Waals surface area contributed by atoms with Crippen molar-refractivity contribution in [2.45, 2.75) is 12.2 Å². The number of carbonyl (C=O) groups is 1. The first-order valence-corrected chi connectivity index (χ1v) is 4.32. The Kier molecular flexibility index (Phi) is 3.46. The van der Waals surface area contributed by atoms with Gasteiger partial charge in [-0.15, -0.1) is 0 Å².